The molecule has 0 N–H and O–H groups in total. The third kappa shape index (κ3) is 6.08. The predicted molar refractivity (Wildman–Crippen MR) is 102 cm³/mol. The molecule has 1 aromatic carbocycles. The highest BCUT2D eigenvalue weighted by Gasteiger charge is 2.16. The molecule has 1 heterocycles. The van der Waals surface area contributed by atoms with Crippen LogP contribution in [-0.2, 0) is 6.42 Å². The SMILES string of the molecule is CCOc1cc(OCC)c(CCCN2CCN(C)CC2)c(OCC)c1. The quantitative estimate of drug-likeness (QED) is 0.648. The fourth-order valence-electron chi connectivity index (χ4n) is 3.21. The van der Waals surface area contributed by atoms with E-state index in [1.165, 1.54) is 5.56 Å². The molecule has 0 aromatic heterocycles. The molecule has 0 atom stereocenters. The van der Waals surface area contributed by atoms with Crippen molar-refractivity contribution in [2.75, 3.05) is 59.6 Å². The molecule has 5 heteroatoms. The van der Waals surface area contributed by atoms with Gasteiger partial charge in [0.05, 0.1) is 19.8 Å². The molecule has 1 aliphatic heterocycles. The van der Waals surface area contributed by atoms with Crippen molar-refractivity contribution in [1.82, 2.24) is 9.80 Å². The smallest absolute Gasteiger partial charge is 0.129 e. The second kappa shape index (κ2) is 10.5. The van der Waals surface area contributed by atoms with Crippen LogP contribution in [0.5, 0.6) is 17.2 Å². The van der Waals surface area contributed by atoms with Crippen LogP contribution in [0.2, 0.25) is 0 Å². The van der Waals surface area contributed by atoms with Gasteiger partial charge < -0.3 is 24.0 Å². The maximum atomic E-state index is 5.89. The molecule has 1 aromatic rings. The standard InChI is InChI=1S/C20H34N2O3/c1-5-23-17-15-19(24-6-2)18(20(16-17)25-7-3)9-8-10-22-13-11-21(4)12-14-22/h15-16H,5-14H2,1-4H3. The molecule has 0 unspecified atom stereocenters. The summed E-state index contributed by atoms with van der Waals surface area (Å²) in [5, 5.41) is 0. The average Bonchev–Trinajstić information content (AvgIpc) is 2.59. The van der Waals surface area contributed by atoms with Gasteiger partial charge in [-0.1, -0.05) is 0 Å². The lowest BCUT2D eigenvalue weighted by Crippen LogP contribution is -2.44. The Bertz CT molecular complexity index is 487. The first-order valence-corrected chi connectivity index (χ1v) is 9.64. The molecule has 0 radical (unpaired) electrons. The van der Waals surface area contributed by atoms with Gasteiger partial charge in [-0.3, -0.25) is 0 Å². The summed E-state index contributed by atoms with van der Waals surface area (Å²) in [5.74, 6) is 2.61. The first-order chi connectivity index (χ1) is 12.2. The second-order valence-corrected chi connectivity index (χ2v) is 6.45. The minimum Gasteiger partial charge on any atom is -0.494 e. The Morgan fingerprint density at radius 1 is 0.840 bits per heavy atom. The topological polar surface area (TPSA) is 34.2 Å². The number of nitrogens with zero attached hydrogens (tertiary/aromatic N) is 2. The van der Waals surface area contributed by atoms with E-state index in [0.29, 0.717) is 19.8 Å². The van der Waals surface area contributed by atoms with E-state index in [-0.39, 0.29) is 0 Å². The summed E-state index contributed by atoms with van der Waals surface area (Å²) in [5.41, 5.74) is 1.17. The van der Waals surface area contributed by atoms with E-state index >= 15 is 0 Å². The van der Waals surface area contributed by atoms with Crippen molar-refractivity contribution in [3.8, 4) is 17.2 Å². The monoisotopic (exact) mass is 350 g/mol. The van der Waals surface area contributed by atoms with Crippen LogP contribution in [0, 0.1) is 0 Å². The van der Waals surface area contributed by atoms with E-state index < -0.39 is 0 Å². The van der Waals surface area contributed by atoms with Crippen LogP contribution < -0.4 is 14.2 Å². The lowest BCUT2D eigenvalue weighted by atomic mass is 10.1. The maximum Gasteiger partial charge on any atom is 0.129 e. The summed E-state index contributed by atoms with van der Waals surface area (Å²) in [7, 11) is 2.19. The van der Waals surface area contributed by atoms with Crippen LogP contribution >= 0.6 is 0 Å². The van der Waals surface area contributed by atoms with Crippen LogP contribution in [0.4, 0.5) is 0 Å². The summed E-state index contributed by atoms with van der Waals surface area (Å²) >= 11 is 0. The molecule has 0 spiro atoms. The Morgan fingerprint density at radius 2 is 1.40 bits per heavy atom. The van der Waals surface area contributed by atoms with Crippen LogP contribution in [0.15, 0.2) is 12.1 Å². The average molecular weight is 351 g/mol. The molecule has 0 amide bonds. The van der Waals surface area contributed by atoms with Gasteiger partial charge in [0.1, 0.15) is 17.2 Å². The zero-order valence-corrected chi connectivity index (χ0v) is 16.3. The van der Waals surface area contributed by atoms with Gasteiger partial charge in [0.2, 0.25) is 0 Å². The normalized spacial score (nSPS) is 16.0. The number of hydrogen-bond acceptors (Lipinski definition) is 5. The highest BCUT2D eigenvalue weighted by Crippen LogP contribution is 2.35. The fraction of sp³-hybridized carbons (Fsp3) is 0.700. The first kappa shape index (κ1) is 19.9. The largest absolute Gasteiger partial charge is 0.494 e. The Kier molecular flexibility index (Phi) is 8.35. The van der Waals surface area contributed by atoms with Gasteiger partial charge in [0, 0.05) is 43.9 Å². The van der Waals surface area contributed by atoms with Gasteiger partial charge in [-0.05, 0) is 47.2 Å². The van der Waals surface area contributed by atoms with Gasteiger partial charge >= 0.3 is 0 Å². The molecule has 1 saturated heterocycles. The van der Waals surface area contributed by atoms with E-state index in [4.69, 9.17) is 14.2 Å². The maximum absolute atomic E-state index is 5.89. The van der Waals surface area contributed by atoms with Crippen molar-refractivity contribution in [3.63, 3.8) is 0 Å². The zero-order chi connectivity index (χ0) is 18.1. The summed E-state index contributed by atoms with van der Waals surface area (Å²) in [4.78, 5) is 4.94. The Balaban J connectivity index is 2.05. The third-order valence-corrected chi connectivity index (χ3v) is 4.55. The number of benzene rings is 1. The second-order valence-electron chi connectivity index (χ2n) is 6.45. The van der Waals surface area contributed by atoms with Gasteiger partial charge in [-0.15, -0.1) is 0 Å². The molecule has 2 rings (SSSR count). The van der Waals surface area contributed by atoms with Crippen molar-refractivity contribution in [1.29, 1.82) is 0 Å². The van der Waals surface area contributed by atoms with Crippen molar-refractivity contribution in [3.05, 3.63) is 17.7 Å². The third-order valence-electron chi connectivity index (χ3n) is 4.55. The number of hydrogen-bond donors (Lipinski definition) is 0. The summed E-state index contributed by atoms with van der Waals surface area (Å²) in [6.07, 6.45) is 2.07. The van der Waals surface area contributed by atoms with Crippen molar-refractivity contribution in [2.24, 2.45) is 0 Å². The Hall–Kier alpha value is -1.46. The first-order valence-electron chi connectivity index (χ1n) is 9.64. The molecule has 142 valence electrons. The molecular formula is C20H34N2O3. The van der Waals surface area contributed by atoms with E-state index in [1.54, 1.807) is 0 Å². The van der Waals surface area contributed by atoms with Crippen LogP contribution in [0.25, 0.3) is 0 Å². The highest BCUT2D eigenvalue weighted by molar-refractivity contribution is 5.51. The number of likely N-dealkylation sites (N-methyl/N-ethyl adjacent to an activating group) is 1. The van der Waals surface area contributed by atoms with Crippen molar-refractivity contribution < 1.29 is 14.2 Å². The van der Waals surface area contributed by atoms with E-state index in [0.717, 1.165) is 62.8 Å². The molecular weight excluding hydrogens is 316 g/mol. The number of rotatable bonds is 10. The molecule has 5 nitrogen and oxygen atoms in total. The van der Waals surface area contributed by atoms with E-state index in [2.05, 4.69) is 16.8 Å². The molecule has 25 heavy (non-hydrogen) atoms. The van der Waals surface area contributed by atoms with Gasteiger partial charge in [0.15, 0.2) is 0 Å². The van der Waals surface area contributed by atoms with Crippen molar-refractivity contribution in [2.45, 2.75) is 33.6 Å². The van der Waals surface area contributed by atoms with Crippen LogP contribution in [0.1, 0.15) is 32.8 Å². The highest BCUT2D eigenvalue weighted by atomic mass is 16.5. The van der Waals surface area contributed by atoms with Gasteiger partial charge in [-0.2, -0.15) is 0 Å². The molecule has 0 aliphatic carbocycles. The number of ether oxygens (including phenoxy) is 3. The molecule has 1 fully saturated rings. The molecule has 0 saturated carbocycles. The van der Waals surface area contributed by atoms with Gasteiger partial charge in [-0.25, -0.2) is 0 Å². The van der Waals surface area contributed by atoms with E-state index in [1.807, 2.05) is 32.9 Å². The number of piperazine rings is 1. The minimum atomic E-state index is 0.639. The van der Waals surface area contributed by atoms with Crippen molar-refractivity contribution >= 4 is 0 Å². The Labute approximate surface area is 152 Å². The fourth-order valence-corrected chi connectivity index (χ4v) is 3.21. The predicted octanol–water partition coefficient (Wildman–Crippen LogP) is 3.06. The van der Waals surface area contributed by atoms with Gasteiger partial charge in [0.25, 0.3) is 0 Å². The summed E-state index contributed by atoms with van der Waals surface area (Å²) in [6.45, 7) is 13.7. The molecule has 0 bridgehead atoms. The lowest BCUT2D eigenvalue weighted by Gasteiger charge is -2.32. The van der Waals surface area contributed by atoms with Crippen LogP contribution in [0.3, 0.4) is 0 Å². The zero-order valence-electron chi connectivity index (χ0n) is 16.3. The summed E-state index contributed by atoms with van der Waals surface area (Å²) in [6, 6.07) is 4.00. The van der Waals surface area contributed by atoms with Crippen LogP contribution in [-0.4, -0.2) is 69.4 Å². The lowest BCUT2D eigenvalue weighted by molar-refractivity contribution is 0.153. The van der Waals surface area contributed by atoms with E-state index in [9.17, 15) is 0 Å². The Morgan fingerprint density at radius 3 is 1.92 bits per heavy atom. The molecule has 1 aliphatic rings. The minimum absolute atomic E-state index is 0.639. The summed E-state index contributed by atoms with van der Waals surface area (Å²) < 4.78 is 17.4.